The first kappa shape index (κ1) is 13.8. The first-order valence-corrected chi connectivity index (χ1v) is 7.75. The van der Waals surface area contributed by atoms with Gasteiger partial charge in [-0.2, -0.15) is 0 Å². The van der Waals surface area contributed by atoms with Crippen LogP contribution in [-0.2, 0) is 12.8 Å². The molecule has 0 atom stereocenters. The van der Waals surface area contributed by atoms with Crippen molar-refractivity contribution in [2.24, 2.45) is 0 Å². The average molecular weight is 354 g/mol. The van der Waals surface area contributed by atoms with Gasteiger partial charge in [0.1, 0.15) is 10.9 Å². The van der Waals surface area contributed by atoms with Crippen LogP contribution >= 0.6 is 27.5 Å². The van der Waals surface area contributed by atoms with E-state index in [-0.39, 0.29) is 0 Å². The topological polar surface area (TPSA) is 35.0 Å². The summed E-state index contributed by atoms with van der Waals surface area (Å²) in [5, 5.41) is 0.583. The van der Waals surface area contributed by atoms with E-state index in [4.69, 9.17) is 21.3 Å². The van der Waals surface area contributed by atoms with Gasteiger partial charge in [0.2, 0.25) is 0 Å². The summed E-state index contributed by atoms with van der Waals surface area (Å²) in [5.74, 6) is 1.43. The zero-order valence-corrected chi connectivity index (χ0v) is 13.5. The van der Waals surface area contributed by atoms with Gasteiger partial charge >= 0.3 is 0 Å². The van der Waals surface area contributed by atoms with E-state index < -0.39 is 0 Å². The molecule has 1 aromatic heterocycles. The van der Waals surface area contributed by atoms with Crippen molar-refractivity contribution in [3.05, 3.63) is 39.1 Å². The van der Waals surface area contributed by atoms with Crippen molar-refractivity contribution in [2.45, 2.75) is 25.7 Å². The summed E-state index contributed by atoms with van der Waals surface area (Å²) in [6, 6.07) is 5.75. The van der Waals surface area contributed by atoms with Gasteiger partial charge in [-0.05, 0) is 43.9 Å². The van der Waals surface area contributed by atoms with E-state index in [0.717, 1.165) is 46.3 Å². The van der Waals surface area contributed by atoms with Crippen molar-refractivity contribution < 1.29 is 4.74 Å². The van der Waals surface area contributed by atoms with Crippen LogP contribution in [0.1, 0.15) is 24.1 Å². The Morgan fingerprint density at radius 2 is 2.00 bits per heavy atom. The molecule has 0 aliphatic heterocycles. The molecule has 3 rings (SSSR count). The van der Waals surface area contributed by atoms with Crippen LogP contribution in [0.15, 0.2) is 22.7 Å². The number of benzene rings is 1. The maximum atomic E-state index is 6.33. The molecule has 3 nitrogen and oxygen atoms in total. The van der Waals surface area contributed by atoms with Crippen molar-refractivity contribution in [3.63, 3.8) is 0 Å². The molecule has 1 aromatic carbocycles. The fourth-order valence-electron chi connectivity index (χ4n) is 2.47. The van der Waals surface area contributed by atoms with Crippen LogP contribution < -0.4 is 4.74 Å². The third kappa shape index (κ3) is 2.54. The summed E-state index contributed by atoms with van der Waals surface area (Å²) in [4.78, 5) is 9.16. The molecule has 5 heteroatoms. The number of halogens is 2. The van der Waals surface area contributed by atoms with E-state index in [2.05, 4.69) is 20.9 Å². The summed E-state index contributed by atoms with van der Waals surface area (Å²) in [7, 11) is 1.65. The molecule has 0 fully saturated rings. The lowest BCUT2D eigenvalue weighted by molar-refractivity contribution is 0.415. The van der Waals surface area contributed by atoms with Crippen molar-refractivity contribution in [1.82, 2.24) is 9.97 Å². The summed E-state index contributed by atoms with van der Waals surface area (Å²) in [6.45, 7) is 0. The van der Waals surface area contributed by atoms with Gasteiger partial charge in [-0.15, -0.1) is 0 Å². The molecule has 0 N–H and O–H groups in total. The standard InChI is InChI=1S/C15H14BrClN2O/c1-20-9-6-7-12(16)11(8-9)15-18-13-5-3-2-4-10(13)14(17)19-15/h6-8H,2-5H2,1H3. The minimum atomic E-state index is 0.583. The number of aryl methyl sites for hydroxylation is 1. The molecule has 1 aliphatic rings. The monoisotopic (exact) mass is 352 g/mol. The Balaban J connectivity index is 2.13. The lowest BCUT2D eigenvalue weighted by atomic mass is 9.97. The zero-order chi connectivity index (χ0) is 14.1. The molecule has 0 radical (unpaired) electrons. The Morgan fingerprint density at radius 1 is 1.20 bits per heavy atom. The third-order valence-corrected chi connectivity index (χ3v) is 4.55. The first-order chi connectivity index (χ1) is 9.69. The Kier molecular flexibility index (Phi) is 3.94. The Hall–Kier alpha value is -1.13. The molecule has 2 aromatic rings. The van der Waals surface area contributed by atoms with Gasteiger partial charge in [0.25, 0.3) is 0 Å². The summed E-state index contributed by atoms with van der Waals surface area (Å²) >= 11 is 9.86. The van der Waals surface area contributed by atoms with E-state index in [0.29, 0.717) is 11.0 Å². The summed E-state index contributed by atoms with van der Waals surface area (Å²) in [6.07, 6.45) is 4.29. The Labute approximate surface area is 131 Å². The summed E-state index contributed by atoms with van der Waals surface area (Å²) < 4.78 is 6.20. The van der Waals surface area contributed by atoms with Crippen molar-refractivity contribution in [2.75, 3.05) is 7.11 Å². The van der Waals surface area contributed by atoms with Crippen molar-refractivity contribution >= 4 is 27.5 Å². The van der Waals surface area contributed by atoms with Crippen LogP contribution in [0, 0.1) is 0 Å². The second kappa shape index (κ2) is 5.70. The fourth-order valence-corrected chi connectivity index (χ4v) is 3.18. The largest absolute Gasteiger partial charge is 0.497 e. The highest BCUT2D eigenvalue weighted by molar-refractivity contribution is 9.10. The SMILES string of the molecule is COc1ccc(Br)c(-c2nc(Cl)c3c(n2)CCCC3)c1. The number of hydrogen-bond acceptors (Lipinski definition) is 3. The molecule has 0 saturated carbocycles. The van der Waals surface area contributed by atoms with Crippen LogP contribution in [0.3, 0.4) is 0 Å². The van der Waals surface area contributed by atoms with Crippen LogP contribution in [0.2, 0.25) is 5.15 Å². The van der Waals surface area contributed by atoms with Crippen LogP contribution in [0.4, 0.5) is 0 Å². The third-order valence-electron chi connectivity index (χ3n) is 3.55. The molecule has 104 valence electrons. The van der Waals surface area contributed by atoms with Crippen molar-refractivity contribution in [3.8, 4) is 17.1 Å². The van der Waals surface area contributed by atoms with E-state index in [9.17, 15) is 0 Å². The predicted octanol–water partition coefficient (Wildman–Crippen LogP) is 4.45. The normalized spacial score (nSPS) is 13.9. The van der Waals surface area contributed by atoms with Gasteiger partial charge in [-0.1, -0.05) is 27.5 Å². The first-order valence-electron chi connectivity index (χ1n) is 6.58. The molecule has 1 aliphatic carbocycles. The van der Waals surface area contributed by atoms with Crippen LogP contribution in [0.5, 0.6) is 5.75 Å². The lowest BCUT2D eigenvalue weighted by Gasteiger charge is -2.17. The van der Waals surface area contributed by atoms with Crippen LogP contribution in [0.25, 0.3) is 11.4 Å². The number of hydrogen-bond donors (Lipinski definition) is 0. The highest BCUT2D eigenvalue weighted by Crippen LogP contribution is 2.33. The highest BCUT2D eigenvalue weighted by atomic mass is 79.9. The molecule has 0 saturated heterocycles. The molecule has 20 heavy (non-hydrogen) atoms. The minimum Gasteiger partial charge on any atom is -0.497 e. The zero-order valence-electron chi connectivity index (χ0n) is 11.1. The van der Waals surface area contributed by atoms with E-state index >= 15 is 0 Å². The molecule has 1 heterocycles. The highest BCUT2D eigenvalue weighted by Gasteiger charge is 2.18. The maximum absolute atomic E-state index is 6.33. The number of ether oxygens (including phenoxy) is 1. The number of rotatable bonds is 2. The second-order valence-corrected chi connectivity index (χ2v) is 6.03. The number of aromatic nitrogens is 2. The van der Waals surface area contributed by atoms with Gasteiger partial charge in [-0.3, -0.25) is 0 Å². The Morgan fingerprint density at radius 3 is 2.80 bits per heavy atom. The molecular formula is C15H14BrClN2O. The van der Waals surface area contributed by atoms with E-state index in [1.54, 1.807) is 7.11 Å². The van der Waals surface area contributed by atoms with Gasteiger partial charge in [0, 0.05) is 21.3 Å². The Bertz CT molecular complexity index is 661. The van der Waals surface area contributed by atoms with Crippen LogP contribution in [-0.4, -0.2) is 17.1 Å². The second-order valence-electron chi connectivity index (χ2n) is 4.82. The van der Waals surface area contributed by atoms with E-state index in [1.165, 1.54) is 6.42 Å². The summed E-state index contributed by atoms with van der Waals surface area (Å²) in [5.41, 5.74) is 3.10. The predicted molar refractivity (Wildman–Crippen MR) is 83.4 cm³/mol. The number of methoxy groups -OCH3 is 1. The van der Waals surface area contributed by atoms with Crippen molar-refractivity contribution in [1.29, 1.82) is 0 Å². The number of nitrogens with zero attached hydrogens (tertiary/aromatic N) is 2. The average Bonchev–Trinajstić information content (AvgIpc) is 2.48. The molecular weight excluding hydrogens is 340 g/mol. The van der Waals surface area contributed by atoms with Gasteiger partial charge in [-0.25, -0.2) is 9.97 Å². The maximum Gasteiger partial charge on any atom is 0.162 e. The van der Waals surface area contributed by atoms with Gasteiger partial charge < -0.3 is 4.74 Å². The molecule has 0 bridgehead atoms. The van der Waals surface area contributed by atoms with Gasteiger partial charge in [0.05, 0.1) is 7.11 Å². The molecule has 0 spiro atoms. The smallest absolute Gasteiger partial charge is 0.162 e. The lowest BCUT2D eigenvalue weighted by Crippen LogP contribution is -2.09. The molecule has 0 amide bonds. The fraction of sp³-hybridized carbons (Fsp3) is 0.333. The van der Waals surface area contributed by atoms with Gasteiger partial charge in [0.15, 0.2) is 5.82 Å². The van der Waals surface area contributed by atoms with E-state index in [1.807, 2.05) is 18.2 Å². The number of fused-ring (bicyclic) bond motifs is 1. The quantitative estimate of drug-likeness (QED) is 0.748. The molecule has 0 unspecified atom stereocenters. The minimum absolute atomic E-state index is 0.583.